The Balaban J connectivity index is 3.34. The number of rotatable bonds is 0. The molecule has 0 bridgehead atoms. The molecule has 0 aliphatic rings. The maximum Gasteiger partial charge on any atom is 0.419 e. The molecule has 0 heterocycles. The Morgan fingerprint density at radius 3 is 2.17 bits per heavy atom. The van der Waals surface area contributed by atoms with Crippen LogP contribution in [0.15, 0.2) is 12.1 Å². The van der Waals surface area contributed by atoms with Crippen molar-refractivity contribution >= 4 is 13.8 Å². The molecule has 0 radical (unpaired) electrons. The van der Waals surface area contributed by atoms with Crippen LogP contribution < -0.4 is 5.73 Å². The number of nitrogen functional groups attached to an aromatic ring is 1. The van der Waals surface area contributed by atoms with E-state index < -0.39 is 25.6 Å². The summed E-state index contributed by atoms with van der Waals surface area (Å²) in [6, 6.07) is 1.33. The Morgan fingerprint density at radius 1 is 1.17 bits per heavy atom. The van der Waals surface area contributed by atoms with Gasteiger partial charge in [0.05, 0.1) is 11.3 Å². The lowest BCUT2D eigenvalue weighted by Gasteiger charge is -2.10. The molecule has 6 heteroatoms. The van der Waals surface area contributed by atoms with E-state index in [1.54, 1.807) is 0 Å². The summed E-state index contributed by atoms with van der Waals surface area (Å²) in [4.78, 5) is 0. The van der Waals surface area contributed by atoms with Gasteiger partial charge in [-0.1, -0.05) is 25.6 Å². The second kappa shape index (κ2) is 4.65. The molecule has 2 N–H and O–H groups in total. The van der Waals surface area contributed by atoms with Crippen LogP contribution in [0.25, 0.3) is 0 Å². The maximum atomic E-state index is 13.2. The molecule has 98 valence electrons. The molecule has 1 aromatic rings. The molecule has 0 aromatic heterocycles. The molecule has 0 saturated carbocycles. The minimum absolute atomic E-state index is 0.0196. The molecule has 0 atom stereocenters. The van der Waals surface area contributed by atoms with Gasteiger partial charge in [-0.25, -0.2) is 4.39 Å². The lowest BCUT2D eigenvalue weighted by atomic mass is 10.1. The third-order valence-corrected chi connectivity index (χ3v) is 2.89. The number of alkyl halides is 3. The summed E-state index contributed by atoms with van der Waals surface area (Å²) in [5, 5.41) is 0. The fraction of sp³-hybridized carbons (Fsp3) is 0.333. The van der Waals surface area contributed by atoms with E-state index in [4.69, 9.17) is 5.73 Å². The summed E-state index contributed by atoms with van der Waals surface area (Å²) in [6.45, 7) is 5.85. The number of anilines is 1. The monoisotopic (exact) mass is 275 g/mol. The number of benzene rings is 1. The van der Waals surface area contributed by atoms with Crippen LogP contribution in [0.3, 0.4) is 0 Å². The van der Waals surface area contributed by atoms with E-state index in [0.717, 1.165) is 0 Å². The third kappa shape index (κ3) is 3.77. The molecule has 0 amide bonds. The molecule has 1 aromatic carbocycles. The summed E-state index contributed by atoms with van der Waals surface area (Å²) in [7, 11) is -1.73. The standard InChI is InChI=1S/C12H13F4NSi/c1-18(2,3)5-4-8-6-9(12(14,15)16)10(13)7-11(8)17/h6-7H,17H2,1-3H3. The van der Waals surface area contributed by atoms with Crippen LogP contribution in [0.2, 0.25) is 19.6 Å². The molecule has 1 nitrogen and oxygen atoms in total. The average molecular weight is 275 g/mol. The first-order chi connectivity index (χ1) is 8.00. The van der Waals surface area contributed by atoms with Gasteiger partial charge in [-0.3, -0.25) is 0 Å². The van der Waals surface area contributed by atoms with Gasteiger partial charge in [0.2, 0.25) is 0 Å². The van der Waals surface area contributed by atoms with E-state index in [9.17, 15) is 17.6 Å². The molecule has 0 unspecified atom stereocenters. The first kappa shape index (κ1) is 14.6. The highest BCUT2D eigenvalue weighted by atomic mass is 28.3. The van der Waals surface area contributed by atoms with Crippen LogP contribution in [0.5, 0.6) is 0 Å². The summed E-state index contributed by atoms with van der Waals surface area (Å²) in [6.07, 6.45) is -4.74. The smallest absolute Gasteiger partial charge is 0.398 e. The fourth-order valence-electron chi connectivity index (χ4n) is 1.17. The number of hydrogen-bond donors (Lipinski definition) is 1. The van der Waals surface area contributed by atoms with Gasteiger partial charge in [0, 0.05) is 5.56 Å². The van der Waals surface area contributed by atoms with Crippen molar-refractivity contribution < 1.29 is 17.6 Å². The zero-order valence-electron chi connectivity index (χ0n) is 10.2. The zero-order valence-corrected chi connectivity index (χ0v) is 11.2. The lowest BCUT2D eigenvalue weighted by Crippen LogP contribution is -2.16. The number of halogens is 4. The van der Waals surface area contributed by atoms with Crippen molar-refractivity contribution in [2.45, 2.75) is 25.8 Å². The average Bonchev–Trinajstić information content (AvgIpc) is 2.12. The quantitative estimate of drug-likeness (QED) is 0.332. The molecular formula is C12H13F4NSi. The summed E-state index contributed by atoms with van der Waals surface area (Å²) in [5.41, 5.74) is 6.97. The second-order valence-electron chi connectivity index (χ2n) is 4.92. The Hall–Kier alpha value is -1.48. The first-order valence-corrected chi connectivity index (χ1v) is 8.70. The number of hydrogen-bond acceptors (Lipinski definition) is 1. The third-order valence-electron chi connectivity index (χ3n) is 2.02. The second-order valence-corrected chi connectivity index (χ2v) is 9.67. The summed E-state index contributed by atoms with van der Waals surface area (Å²) >= 11 is 0. The largest absolute Gasteiger partial charge is 0.419 e. The first-order valence-electron chi connectivity index (χ1n) is 5.20. The molecule has 0 fully saturated rings. The van der Waals surface area contributed by atoms with Crippen LogP contribution in [0.4, 0.5) is 23.2 Å². The number of nitrogens with two attached hydrogens (primary N) is 1. The van der Waals surface area contributed by atoms with Crippen molar-refractivity contribution in [1.29, 1.82) is 0 Å². The van der Waals surface area contributed by atoms with Crippen molar-refractivity contribution in [2.24, 2.45) is 0 Å². The van der Waals surface area contributed by atoms with E-state index in [2.05, 4.69) is 11.5 Å². The van der Waals surface area contributed by atoms with Gasteiger partial charge in [-0.2, -0.15) is 13.2 Å². The maximum absolute atomic E-state index is 13.2. The Morgan fingerprint density at radius 2 is 1.72 bits per heavy atom. The van der Waals surface area contributed by atoms with E-state index >= 15 is 0 Å². The Labute approximate surface area is 104 Å². The molecule has 18 heavy (non-hydrogen) atoms. The SMILES string of the molecule is C[Si](C)(C)C#Cc1cc(C(F)(F)F)c(F)cc1N. The van der Waals surface area contributed by atoms with Gasteiger partial charge in [0.1, 0.15) is 13.9 Å². The Kier molecular flexibility index (Phi) is 3.77. The van der Waals surface area contributed by atoms with Crippen LogP contribution in [0, 0.1) is 17.3 Å². The van der Waals surface area contributed by atoms with E-state index in [1.165, 1.54) is 0 Å². The highest BCUT2D eigenvalue weighted by Gasteiger charge is 2.34. The molecule has 0 spiro atoms. The zero-order chi connectivity index (χ0) is 14.1. The molecule has 0 aliphatic heterocycles. The van der Waals surface area contributed by atoms with Crippen LogP contribution in [-0.4, -0.2) is 8.07 Å². The van der Waals surface area contributed by atoms with Crippen LogP contribution >= 0.6 is 0 Å². The lowest BCUT2D eigenvalue weighted by molar-refractivity contribution is -0.140. The minimum Gasteiger partial charge on any atom is -0.398 e. The predicted octanol–water partition coefficient (Wildman–Crippen LogP) is 3.66. The van der Waals surface area contributed by atoms with Crippen molar-refractivity contribution in [2.75, 3.05) is 5.73 Å². The summed E-state index contributed by atoms with van der Waals surface area (Å²) < 4.78 is 50.7. The van der Waals surface area contributed by atoms with Crippen molar-refractivity contribution in [3.63, 3.8) is 0 Å². The topological polar surface area (TPSA) is 26.0 Å². The van der Waals surface area contributed by atoms with Crippen molar-refractivity contribution in [1.82, 2.24) is 0 Å². The highest BCUT2D eigenvalue weighted by Crippen LogP contribution is 2.33. The van der Waals surface area contributed by atoms with Gasteiger partial charge >= 0.3 is 6.18 Å². The van der Waals surface area contributed by atoms with Gasteiger partial charge in [-0.05, 0) is 12.1 Å². The fourth-order valence-corrected chi connectivity index (χ4v) is 1.68. The van der Waals surface area contributed by atoms with E-state index in [-0.39, 0.29) is 11.3 Å². The van der Waals surface area contributed by atoms with Crippen molar-refractivity contribution in [3.8, 4) is 11.5 Å². The van der Waals surface area contributed by atoms with Crippen molar-refractivity contribution in [3.05, 3.63) is 29.1 Å². The summed E-state index contributed by atoms with van der Waals surface area (Å²) in [5.74, 6) is 1.24. The van der Waals surface area contributed by atoms with Gasteiger partial charge in [0.25, 0.3) is 0 Å². The highest BCUT2D eigenvalue weighted by molar-refractivity contribution is 6.83. The van der Waals surface area contributed by atoms with Gasteiger partial charge < -0.3 is 5.73 Å². The van der Waals surface area contributed by atoms with Gasteiger partial charge in [-0.15, -0.1) is 5.54 Å². The minimum atomic E-state index is -4.74. The van der Waals surface area contributed by atoms with Gasteiger partial charge in [0.15, 0.2) is 0 Å². The van der Waals surface area contributed by atoms with E-state index in [0.29, 0.717) is 12.1 Å². The molecule has 0 aliphatic carbocycles. The Bertz CT molecular complexity index is 518. The predicted molar refractivity (Wildman–Crippen MR) is 66.0 cm³/mol. The van der Waals surface area contributed by atoms with Crippen LogP contribution in [-0.2, 0) is 6.18 Å². The molecule has 0 saturated heterocycles. The molecular weight excluding hydrogens is 262 g/mol. The van der Waals surface area contributed by atoms with E-state index in [1.807, 2.05) is 19.6 Å². The molecule has 1 rings (SSSR count). The normalized spacial score (nSPS) is 11.9. The van der Waals surface area contributed by atoms with Crippen LogP contribution in [0.1, 0.15) is 11.1 Å².